The lowest BCUT2D eigenvalue weighted by Crippen LogP contribution is -1.99. The van der Waals surface area contributed by atoms with Gasteiger partial charge in [-0.25, -0.2) is 0 Å². The van der Waals surface area contributed by atoms with Crippen LogP contribution in [-0.2, 0) is 0 Å². The first-order valence-corrected chi connectivity index (χ1v) is 11.1. The molecule has 1 unspecified atom stereocenters. The maximum atomic E-state index is 9.49. The van der Waals surface area contributed by atoms with Crippen LogP contribution in [0.4, 0.5) is 0 Å². The topological polar surface area (TPSA) is 20.2 Å². The summed E-state index contributed by atoms with van der Waals surface area (Å²) in [5, 5.41) is 9.49. The molecule has 0 bridgehead atoms. The third-order valence-electron chi connectivity index (χ3n) is 5.43. The van der Waals surface area contributed by atoms with E-state index in [1.165, 1.54) is 102 Å². The molecule has 144 valence electrons. The molecular formula is C24H42O. The molecule has 0 saturated heterocycles. The highest BCUT2D eigenvalue weighted by atomic mass is 16.3. The third kappa shape index (κ3) is 11.3. The Morgan fingerprint density at radius 2 is 1.04 bits per heavy atom. The van der Waals surface area contributed by atoms with Crippen LogP contribution in [0, 0.1) is 0 Å². The zero-order valence-electron chi connectivity index (χ0n) is 16.9. The van der Waals surface area contributed by atoms with Crippen LogP contribution in [0.15, 0.2) is 24.3 Å². The molecule has 0 amide bonds. The van der Waals surface area contributed by atoms with Crippen molar-refractivity contribution in [1.29, 1.82) is 0 Å². The smallest absolute Gasteiger partial charge is 0.115 e. The Bertz CT molecular complexity index is 395. The quantitative estimate of drug-likeness (QED) is 0.298. The van der Waals surface area contributed by atoms with Crippen molar-refractivity contribution in [3.05, 3.63) is 29.8 Å². The Kier molecular flexibility index (Phi) is 13.5. The van der Waals surface area contributed by atoms with E-state index >= 15 is 0 Å². The van der Waals surface area contributed by atoms with E-state index < -0.39 is 0 Å². The highest BCUT2D eigenvalue weighted by molar-refractivity contribution is 5.28. The minimum atomic E-state index is 0.382. The van der Waals surface area contributed by atoms with Crippen LogP contribution in [0.5, 0.6) is 5.75 Å². The van der Waals surface area contributed by atoms with Crippen LogP contribution in [0.3, 0.4) is 0 Å². The minimum absolute atomic E-state index is 0.382. The number of aromatic hydroxyl groups is 1. The molecule has 0 saturated carbocycles. The van der Waals surface area contributed by atoms with Crippen molar-refractivity contribution in [2.24, 2.45) is 0 Å². The molecular weight excluding hydrogens is 304 g/mol. The van der Waals surface area contributed by atoms with Gasteiger partial charge >= 0.3 is 0 Å². The molecule has 0 spiro atoms. The fourth-order valence-corrected chi connectivity index (χ4v) is 3.73. The Balaban J connectivity index is 2.11. The van der Waals surface area contributed by atoms with E-state index in [0.717, 1.165) is 0 Å². The molecule has 0 aliphatic carbocycles. The summed E-state index contributed by atoms with van der Waals surface area (Å²) in [6.07, 6.45) is 20.7. The first kappa shape index (κ1) is 22.1. The fraction of sp³-hybridized carbons (Fsp3) is 0.750. The van der Waals surface area contributed by atoms with Crippen molar-refractivity contribution in [2.75, 3.05) is 0 Å². The summed E-state index contributed by atoms with van der Waals surface area (Å²) in [6.45, 7) is 4.56. The molecule has 0 aliphatic rings. The number of phenols is 1. The van der Waals surface area contributed by atoms with Crippen LogP contribution >= 0.6 is 0 Å². The summed E-state index contributed by atoms with van der Waals surface area (Å²) >= 11 is 0. The van der Waals surface area contributed by atoms with Gasteiger partial charge in [0.15, 0.2) is 0 Å². The molecule has 0 aromatic heterocycles. The summed E-state index contributed by atoms with van der Waals surface area (Å²) in [5.41, 5.74) is 1.42. The average Bonchev–Trinajstić information content (AvgIpc) is 2.63. The van der Waals surface area contributed by atoms with E-state index in [-0.39, 0.29) is 0 Å². The summed E-state index contributed by atoms with van der Waals surface area (Å²) in [5.74, 6) is 1.06. The van der Waals surface area contributed by atoms with E-state index in [1.54, 1.807) is 0 Å². The van der Waals surface area contributed by atoms with E-state index in [1.807, 2.05) is 12.1 Å². The lowest BCUT2D eigenvalue weighted by molar-refractivity contribution is 0.472. The summed E-state index contributed by atoms with van der Waals surface area (Å²) < 4.78 is 0. The van der Waals surface area contributed by atoms with Crippen molar-refractivity contribution in [2.45, 2.75) is 116 Å². The van der Waals surface area contributed by atoms with Gasteiger partial charge in [-0.2, -0.15) is 0 Å². The highest BCUT2D eigenvalue weighted by Gasteiger charge is 2.11. The molecule has 1 nitrogen and oxygen atoms in total. The van der Waals surface area contributed by atoms with Crippen molar-refractivity contribution in [3.8, 4) is 5.75 Å². The Hall–Kier alpha value is -0.980. The average molecular weight is 347 g/mol. The monoisotopic (exact) mass is 346 g/mol. The normalized spacial score (nSPS) is 12.4. The lowest BCUT2D eigenvalue weighted by atomic mass is 9.88. The van der Waals surface area contributed by atoms with Gasteiger partial charge in [-0.05, 0) is 36.5 Å². The van der Waals surface area contributed by atoms with Crippen LogP contribution < -0.4 is 0 Å². The second-order valence-corrected chi connectivity index (χ2v) is 7.75. The Morgan fingerprint density at radius 3 is 1.56 bits per heavy atom. The number of hydrogen-bond acceptors (Lipinski definition) is 1. The zero-order chi connectivity index (χ0) is 18.2. The molecule has 0 heterocycles. The summed E-state index contributed by atoms with van der Waals surface area (Å²) in [4.78, 5) is 0. The molecule has 1 N–H and O–H groups in total. The van der Waals surface area contributed by atoms with Crippen molar-refractivity contribution < 1.29 is 5.11 Å². The predicted octanol–water partition coefficient (Wildman–Crippen LogP) is 8.37. The van der Waals surface area contributed by atoms with Gasteiger partial charge < -0.3 is 5.11 Å². The first-order chi connectivity index (χ1) is 12.3. The second kappa shape index (κ2) is 15.3. The van der Waals surface area contributed by atoms with E-state index in [2.05, 4.69) is 26.0 Å². The fourth-order valence-electron chi connectivity index (χ4n) is 3.73. The van der Waals surface area contributed by atoms with E-state index in [9.17, 15) is 5.11 Å². The van der Waals surface area contributed by atoms with Gasteiger partial charge in [0.05, 0.1) is 0 Å². The van der Waals surface area contributed by atoms with Crippen LogP contribution in [0.25, 0.3) is 0 Å². The number of hydrogen-bond donors (Lipinski definition) is 1. The third-order valence-corrected chi connectivity index (χ3v) is 5.43. The van der Waals surface area contributed by atoms with E-state index in [0.29, 0.717) is 11.7 Å². The van der Waals surface area contributed by atoms with Crippen molar-refractivity contribution >= 4 is 0 Å². The maximum absolute atomic E-state index is 9.49. The zero-order valence-corrected chi connectivity index (χ0v) is 16.9. The molecule has 0 radical (unpaired) electrons. The maximum Gasteiger partial charge on any atom is 0.115 e. The molecule has 25 heavy (non-hydrogen) atoms. The van der Waals surface area contributed by atoms with Gasteiger partial charge in [-0.1, -0.05) is 109 Å². The second-order valence-electron chi connectivity index (χ2n) is 7.75. The molecule has 1 aromatic carbocycles. The van der Waals surface area contributed by atoms with Crippen molar-refractivity contribution in [3.63, 3.8) is 0 Å². The van der Waals surface area contributed by atoms with Gasteiger partial charge in [0.2, 0.25) is 0 Å². The molecule has 1 atom stereocenters. The molecule has 1 rings (SSSR count). The van der Waals surface area contributed by atoms with Crippen molar-refractivity contribution in [1.82, 2.24) is 0 Å². The van der Waals surface area contributed by atoms with Crippen LogP contribution in [0.1, 0.15) is 122 Å². The number of unbranched alkanes of at least 4 members (excludes halogenated alkanes) is 11. The standard InChI is InChI=1S/C24H42O/c1-3-5-7-8-9-10-11-12-13-14-15-17-22(16-6-4-2)23-18-20-24(25)21-19-23/h18-22,25H,3-17H2,1-2H3. The Morgan fingerprint density at radius 1 is 0.600 bits per heavy atom. The molecule has 1 heteroatoms. The van der Waals surface area contributed by atoms with Gasteiger partial charge in [0, 0.05) is 0 Å². The number of benzene rings is 1. The summed E-state index contributed by atoms with van der Waals surface area (Å²) in [7, 11) is 0. The largest absolute Gasteiger partial charge is 0.508 e. The first-order valence-electron chi connectivity index (χ1n) is 11.1. The van der Waals surface area contributed by atoms with Gasteiger partial charge in [0.25, 0.3) is 0 Å². The number of phenolic OH excluding ortho intramolecular Hbond substituents is 1. The minimum Gasteiger partial charge on any atom is -0.508 e. The van der Waals surface area contributed by atoms with E-state index in [4.69, 9.17) is 0 Å². The predicted molar refractivity (Wildman–Crippen MR) is 111 cm³/mol. The molecule has 1 aromatic rings. The number of rotatable bonds is 16. The van der Waals surface area contributed by atoms with Crippen LogP contribution in [-0.4, -0.2) is 5.11 Å². The van der Waals surface area contributed by atoms with Crippen LogP contribution in [0.2, 0.25) is 0 Å². The summed E-state index contributed by atoms with van der Waals surface area (Å²) in [6, 6.07) is 7.92. The molecule has 0 fully saturated rings. The Labute approximate surface area is 157 Å². The van der Waals surface area contributed by atoms with Gasteiger partial charge in [0.1, 0.15) is 5.75 Å². The lowest BCUT2D eigenvalue weighted by Gasteiger charge is -2.17. The van der Waals surface area contributed by atoms with Gasteiger partial charge in [-0.3, -0.25) is 0 Å². The highest BCUT2D eigenvalue weighted by Crippen LogP contribution is 2.29. The molecule has 0 aliphatic heterocycles. The van der Waals surface area contributed by atoms with Gasteiger partial charge in [-0.15, -0.1) is 0 Å². The SMILES string of the molecule is CCCCCCCCCCCCCC(CCCC)c1ccc(O)cc1.